The van der Waals surface area contributed by atoms with Gasteiger partial charge < -0.3 is 24.4 Å². The van der Waals surface area contributed by atoms with Crippen LogP contribution in [0.2, 0.25) is 0 Å². The van der Waals surface area contributed by atoms with Crippen LogP contribution in [0.15, 0.2) is 40.9 Å². The quantitative estimate of drug-likeness (QED) is 0.572. The van der Waals surface area contributed by atoms with E-state index in [2.05, 4.69) is 39.4 Å². The Morgan fingerprint density at radius 1 is 1.12 bits per heavy atom. The molecule has 2 aliphatic heterocycles. The normalized spacial score (nSPS) is 16.8. The summed E-state index contributed by atoms with van der Waals surface area (Å²) in [6.07, 6.45) is 2.90. The van der Waals surface area contributed by atoms with Crippen LogP contribution in [0.3, 0.4) is 0 Å². The largest absolute Gasteiger partial charge is 0.490 e. The Kier molecular flexibility index (Phi) is 7.49. The molecule has 0 saturated carbocycles. The van der Waals surface area contributed by atoms with E-state index < -0.39 is 5.60 Å². The van der Waals surface area contributed by atoms with Gasteiger partial charge in [-0.2, -0.15) is 0 Å². The third-order valence-electron chi connectivity index (χ3n) is 5.83. The fraction of sp³-hybridized carbons (Fsp3) is 0.500. The number of hydrogen-bond acceptors (Lipinski definition) is 5. The Morgan fingerprint density at radius 3 is 2.55 bits per heavy atom. The van der Waals surface area contributed by atoms with Gasteiger partial charge in [0.2, 0.25) is 0 Å². The third kappa shape index (κ3) is 6.64. The summed E-state index contributed by atoms with van der Waals surface area (Å²) in [6.45, 7) is 9.35. The number of ether oxygens (including phenoxy) is 3. The van der Waals surface area contributed by atoms with Gasteiger partial charge in [-0.3, -0.25) is 0 Å². The maximum Gasteiger partial charge on any atom is 0.410 e. The Morgan fingerprint density at radius 2 is 1.85 bits per heavy atom. The van der Waals surface area contributed by atoms with Crippen molar-refractivity contribution in [3.05, 3.63) is 57.6 Å². The molecule has 0 spiro atoms. The molecule has 1 fully saturated rings. The number of nitrogens with zero attached hydrogens (tertiary/aromatic N) is 1. The van der Waals surface area contributed by atoms with Gasteiger partial charge in [-0.1, -0.05) is 28.1 Å². The minimum atomic E-state index is -0.496. The van der Waals surface area contributed by atoms with Crippen molar-refractivity contribution in [1.82, 2.24) is 10.2 Å². The molecule has 0 aliphatic carbocycles. The number of nitrogens with one attached hydrogen (secondary N) is 1. The number of halogens is 1. The average Bonchev–Trinajstić information content (AvgIpc) is 2.78. The monoisotopic (exact) mass is 516 g/mol. The summed E-state index contributed by atoms with van der Waals surface area (Å²) < 4.78 is 18.6. The fourth-order valence-corrected chi connectivity index (χ4v) is 4.70. The van der Waals surface area contributed by atoms with Crippen molar-refractivity contribution in [3.63, 3.8) is 0 Å². The molecule has 1 saturated heterocycles. The van der Waals surface area contributed by atoms with Crippen molar-refractivity contribution in [2.75, 3.05) is 19.6 Å². The van der Waals surface area contributed by atoms with E-state index in [9.17, 15) is 4.79 Å². The number of benzene rings is 2. The first kappa shape index (κ1) is 23.9. The Bertz CT molecular complexity index is 965. The SMILES string of the molecule is CC(C)(C)OC(=O)N1CCc2cc(OCc3ccc(OC4CCNCC4)cc3)cc(Br)c2C1. The summed E-state index contributed by atoms with van der Waals surface area (Å²) in [5.41, 5.74) is 2.91. The van der Waals surface area contributed by atoms with Crippen molar-refractivity contribution in [1.29, 1.82) is 0 Å². The number of carbonyl (C=O) groups is 1. The second-order valence-corrected chi connectivity index (χ2v) is 10.5. The molecule has 1 amide bonds. The number of fused-ring (bicyclic) bond motifs is 1. The van der Waals surface area contributed by atoms with Crippen molar-refractivity contribution in [2.24, 2.45) is 0 Å². The van der Waals surface area contributed by atoms with Crippen LogP contribution in [-0.4, -0.2) is 42.3 Å². The molecule has 2 heterocycles. The summed E-state index contributed by atoms with van der Waals surface area (Å²) in [4.78, 5) is 14.2. The molecular weight excluding hydrogens is 484 g/mol. The van der Waals surface area contributed by atoms with Gasteiger partial charge in [0.25, 0.3) is 0 Å². The van der Waals surface area contributed by atoms with E-state index in [0.717, 1.165) is 59.5 Å². The van der Waals surface area contributed by atoms with Crippen LogP contribution < -0.4 is 14.8 Å². The van der Waals surface area contributed by atoms with E-state index in [4.69, 9.17) is 14.2 Å². The molecule has 0 unspecified atom stereocenters. The minimum absolute atomic E-state index is 0.270. The van der Waals surface area contributed by atoms with Crippen molar-refractivity contribution >= 4 is 22.0 Å². The summed E-state index contributed by atoms with van der Waals surface area (Å²) in [5, 5.41) is 3.36. The molecule has 33 heavy (non-hydrogen) atoms. The predicted molar refractivity (Wildman–Crippen MR) is 132 cm³/mol. The molecular formula is C26H33BrN2O4. The molecule has 2 aromatic rings. The first-order valence-corrected chi connectivity index (χ1v) is 12.4. The topological polar surface area (TPSA) is 60.0 Å². The van der Waals surface area contributed by atoms with Crippen LogP contribution >= 0.6 is 15.9 Å². The van der Waals surface area contributed by atoms with Crippen molar-refractivity contribution in [3.8, 4) is 11.5 Å². The number of carbonyl (C=O) groups excluding carboxylic acids is 1. The number of hydrogen-bond donors (Lipinski definition) is 1. The molecule has 178 valence electrons. The molecule has 0 radical (unpaired) electrons. The van der Waals surface area contributed by atoms with Gasteiger partial charge in [0.1, 0.15) is 29.8 Å². The number of piperidine rings is 1. The van der Waals surface area contributed by atoms with Crippen LogP contribution in [0.1, 0.15) is 50.3 Å². The van der Waals surface area contributed by atoms with E-state index in [1.165, 1.54) is 5.56 Å². The zero-order valence-electron chi connectivity index (χ0n) is 19.7. The standard InChI is InChI=1S/C26H33BrN2O4/c1-26(2,3)33-25(30)29-13-10-19-14-22(15-24(27)23(19)16-29)31-17-18-4-6-20(7-5-18)32-21-8-11-28-12-9-21/h4-7,14-15,21,28H,8-13,16-17H2,1-3H3. The maximum absolute atomic E-state index is 12.4. The lowest BCUT2D eigenvalue weighted by Gasteiger charge is -2.32. The number of rotatable bonds is 5. The van der Waals surface area contributed by atoms with Gasteiger partial charge in [-0.15, -0.1) is 0 Å². The van der Waals surface area contributed by atoms with E-state index in [0.29, 0.717) is 25.8 Å². The summed E-state index contributed by atoms with van der Waals surface area (Å²) in [6, 6.07) is 12.2. The van der Waals surface area contributed by atoms with E-state index in [1.54, 1.807) is 4.90 Å². The molecule has 0 atom stereocenters. The molecule has 2 aromatic carbocycles. The summed E-state index contributed by atoms with van der Waals surface area (Å²) in [7, 11) is 0. The highest BCUT2D eigenvalue weighted by atomic mass is 79.9. The Hall–Kier alpha value is -2.25. The van der Waals surface area contributed by atoms with E-state index in [1.807, 2.05) is 39.0 Å². The fourth-order valence-electron chi connectivity index (χ4n) is 4.09. The highest BCUT2D eigenvalue weighted by Crippen LogP contribution is 2.32. The Labute approximate surface area is 204 Å². The van der Waals surface area contributed by atoms with E-state index >= 15 is 0 Å². The highest BCUT2D eigenvalue weighted by molar-refractivity contribution is 9.10. The van der Waals surface area contributed by atoms with Crippen molar-refractivity contribution in [2.45, 2.75) is 64.9 Å². The predicted octanol–water partition coefficient (Wildman–Crippen LogP) is 5.45. The van der Waals surface area contributed by atoms with Crippen LogP contribution in [0.4, 0.5) is 4.79 Å². The van der Waals surface area contributed by atoms with Crippen LogP contribution in [0.5, 0.6) is 11.5 Å². The second-order valence-electron chi connectivity index (χ2n) is 9.69. The average molecular weight is 517 g/mol. The van der Waals surface area contributed by atoms with Gasteiger partial charge in [0, 0.05) is 11.0 Å². The molecule has 2 aliphatic rings. The second kappa shape index (κ2) is 10.3. The van der Waals surface area contributed by atoms with Gasteiger partial charge in [-0.25, -0.2) is 4.79 Å². The maximum atomic E-state index is 12.4. The van der Waals surface area contributed by atoms with Crippen LogP contribution in [0, 0.1) is 0 Å². The molecule has 6 nitrogen and oxygen atoms in total. The zero-order chi connectivity index (χ0) is 23.4. The molecule has 4 rings (SSSR count). The number of amides is 1. The third-order valence-corrected chi connectivity index (χ3v) is 6.54. The minimum Gasteiger partial charge on any atom is -0.490 e. The first-order valence-electron chi connectivity index (χ1n) is 11.7. The van der Waals surface area contributed by atoms with Crippen molar-refractivity contribution < 1.29 is 19.0 Å². The lowest BCUT2D eigenvalue weighted by Crippen LogP contribution is -2.40. The van der Waals surface area contributed by atoms with Gasteiger partial charge >= 0.3 is 6.09 Å². The van der Waals surface area contributed by atoms with E-state index in [-0.39, 0.29) is 6.09 Å². The zero-order valence-corrected chi connectivity index (χ0v) is 21.2. The highest BCUT2D eigenvalue weighted by Gasteiger charge is 2.27. The smallest absolute Gasteiger partial charge is 0.410 e. The van der Waals surface area contributed by atoms with Crippen LogP contribution in [-0.2, 0) is 24.3 Å². The van der Waals surface area contributed by atoms with Gasteiger partial charge in [-0.05, 0) is 94.1 Å². The molecule has 1 N–H and O–H groups in total. The van der Waals surface area contributed by atoms with Crippen LogP contribution in [0.25, 0.3) is 0 Å². The summed E-state index contributed by atoms with van der Waals surface area (Å²) in [5.74, 6) is 1.73. The Balaban J connectivity index is 1.33. The first-order chi connectivity index (χ1) is 15.8. The summed E-state index contributed by atoms with van der Waals surface area (Å²) >= 11 is 3.67. The molecule has 0 bridgehead atoms. The molecule has 0 aromatic heterocycles. The van der Waals surface area contributed by atoms with Gasteiger partial charge in [0.05, 0.1) is 6.54 Å². The lowest BCUT2D eigenvalue weighted by atomic mass is 9.99. The lowest BCUT2D eigenvalue weighted by molar-refractivity contribution is 0.0223. The van der Waals surface area contributed by atoms with Gasteiger partial charge in [0.15, 0.2) is 0 Å². The molecule has 7 heteroatoms.